The average Bonchev–Trinajstić information content (AvgIpc) is 2.56. The van der Waals surface area contributed by atoms with Crippen LogP contribution in [0.1, 0.15) is 25.2 Å². The fourth-order valence-electron chi connectivity index (χ4n) is 3.06. The summed E-state index contributed by atoms with van der Waals surface area (Å²) in [6.45, 7) is 10.3. The van der Waals surface area contributed by atoms with Gasteiger partial charge in [-0.1, -0.05) is 0 Å². The molecule has 0 saturated carbocycles. The van der Waals surface area contributed by atoms with Gasteiger partial charge in [0, 0.05) is 43.3 Å². The fraction of sp³-hybridized carbons (Fsp3) is 0.647. The van der Waals surface area contributed by atoms with Gasteiger partial charge in [0.15, 0.2) is 0 Å². The van der Waals surface area contributed by atoms with Gasteiger partial charge in [-0.3, -0.25) is 9.59 Å². The van der Waals surface area contributed by atoms with Crippen molar-refractivity contribution in [2.75, 3.05) is 36.8 Å². The molecule has 7 nitrogen and oxygen atoms in total. The Morgan fingerprint density at radius 1 is 1.20 bits per heavy atom. The number of carbonyl (C=O) groups is 2. The summed E-state index contributed by atoms with van der Waals surface area (Å²) >= 11 is 1.54. The Balaban J connectivity index is 1.59. The number of carbonyl (C=O) groups excluding carboxylic acids is 2. The first kappa shape index (κ1) is 18.0. The number of nitrogens with zero attached hydrogens (tertiary/aromatic N) is 4. The minimum absolute atomic E-state index is 0.0114. The van der Waals surface area contributed by atoms with Gasteiger partial charge in [0.1, 0.15) is 6.04 Å². The van der Waals surface area contributed by atoms with Crippen LogP contribution in [0.3, 0.4) is 0 Å². The maximum Gasteiger partial charge on any atom is 0.246 e. The van der Waals surface area contributed by atoms with Gasteiger partial charge in [-0.05, 0) is 33.8 Å². The number of nitrogens with one attached hydrogen (secondary N) is 1. The average molecular weight is 363 g/mol. The molecule has 0 bridgehead atoms. The second kappa shape index (κ2) is 6.82. The highest BCUT2D eigenvalue weighted by molar-refractivity contribution is 8.01. The smallest absolute Gasteiger partial charge is 0.246 e. The summed E-state index contributed by atoms with van der Waals surface area (Å²) < 4.78 is -0.462. The lowest BCUT2D eigenvalue weighted by Gasteiger charge is -2.39. The third-order valence-corrected chi connectivity index (χ3v) is 6.01. The molecule has 8 heteroatoms. The Hall–Kier alpha value is -1.83. The third-order valence-electron chi connectivity index (χ3n) is 4.61. The fourth-order valence-corrected chi connectivity index (χ4v) is 4.06. The van der Waals surface area contributed by atoms with Crippen LogP contribution in [0.5, 0.6) is 0 Å². The Bertz CT molecular complexity index is 665. The van der Waals surface area contributed by atoms with Crippen molar-refractivity contribution in [3.8, 4) is 0 Å². The highest BCUT2D eigenvalue weighted by atomic mass is 32.2. The first-order valence-electron chi connectivity index (χ1n) is 8.57. The van der Waals surface area contributed by atoms with Crippen LogP contribution in [0.25, 0.3) is 0 Å². The second-order valence-electron chi connectivity index (χ2n) is 7.11. The topological polar surface area (TPSA) is 78.4 Å². The van der Waals surface area contributed by atoms with Gasteiger partial charge < -0.3 is 15.1 Å². The minimum atomic E-state index is -0.462. The van der Waals surface area contributed by atoms with Crippen molar-refractivity contribution in [3.05, 3.63) is 17.5 Å². The monoisotopic (exact) mass is 363 g/mol. The standard InChI is InChI=1S/C17H25N5O2S/c1-11-9-12(2)19-16(18-11)22-7-5-21(6-8-22)14(23)13-10-25-17(3,4)15(24)20-13/h9,13H,5-8,10H2,1-4H3,(H,20,24)/t13-/m0/s1. The van der Waals surface area contributed by atoms with Crippen molar-refractivity contribution < 1.29 is 9.59 Å². The van der Waals surface area contributed by atoms with Gasteiger partial charge in [-0.2, -0.15) is 0 Å². The normalized spacial score (nSPS) is 23.4. The van der Waals surface area contributed by atoms with Gasteiger partial charge in [0.2, 0.25) is 17.8 Å². The number of thioether (sulfide) groups is 1. The van der Waals surface area contributed by atoms with Crippen molar-refractivity contribution in [1.82, 2.24) is 20.2 Å². The molecule has 0 aliphatic carbocycles. The molecule has 0 aromatic carbocycles. The molecule has 1 N–H and O–H groups in total. The highest BCUT2D eigenvalue weighted by Crippen LogP contribution is 2.29. The maximum atomic E-state index is 12.7. The van der Waals surface area contributed by atoms with Crippen LogP contribution in [0.15, 0.2) is 6.07 Å². The molecule has 136 valence electrons. The van der Waals surface area contributed by atoms with Crippen LogP contribution < -0.4 is 10.2 Å². The molecule has 3 rings (SSSR count). The molecule has 1 aromatic rings. The Labute approximate surface area is 152 Å². The molecule has 2 fully saturated rings. The van der Waals surface area contributed by atoms with E-state index in [4.69, 9.17) is 0 Å². The predicted molar refractivity (Wildman–Crippen MR) is 98.8 cm³/mol. The van der Waals surface area contributed by atoms with Gasteiger partial charge in [0.05, 0.1) is 4.75 Å². The Morgan fingerprint density at radius 2 is 1.80 bits per heavy atom. The van der Waals surface area contributed by atoms with Gasteiger partial charge in [0.25, 0.3) is 0 Å². The summed E-state index contributed by atoms with van der Waals surface area (Å²) in [4.78, 5) is 37.7. The molecule has 25 heavy (non-hydrogen) atoms. The number of anilines is 1. The molecule has 0 spiro atoms. The quantitative estimate of drug-likeness (QED) is 0.836. The lowest BCUT2D eigenvalue weighted by atomic mass is 10.1. The summed E-state index contributed by atoms with van der Waals surface area (Å²) in [5, 5.41) is 2.87. The zero-order valence-electron chi connectivity index (χ0n) is 15.2. The van der Waals surface area contributed by atoms with Crippen molar-refractivity contribution in [2.45, 2.75) is 38.5 Å². The Kier molecular flexibility index (Phi) is 4.90. The van der Waals surface area contributed by atoms with Gasteiger partial charge >= 0.3 is 0 Å². The summed E-state index contributed by atoms with van der Waals surface area (Å²) in [5.74, 6) is 1.30. The number of hydrogen-bond donors (Lipinski definition) is 1. The summed E-state index contributed by atoms with van der Waals surface area (Å²) in [7, 11) is 0. The van der Waals surface area contributed by atoms with E-state index in [1.165, 1.54) is 11.8 Å². The molecular weight excluding hydrogens is 338 g/mol. The largest absolute Gasteiger partial charge is 0.342 e. The van der Waals surface area contributed by atoms with E-state index in [9.17, 15) is 9.59 Å². The summed E-state index contributed by atoms with van der Waals surface area (Å²) in [6.07, 6.45) is 0. The molecule has 3 heterocycles. The SMILES string of the molecule is Cc1cc(C)nc(N2CCN(C(=O)[C@@H]3CSC(C)(C)C(=O)N3)CC2)n1. The number of aromatic nitrogens is 2. The molecule has 1 aromatic heterocycles. The van der Waals surface area contributed by atoms with E-state index in [2.05, 4.69) is 20.2 Å². The van der Waals surface area contributed by atoms with Gasteiger partial charge in [-0.25, -0.2) is 9.97 Å². The van der Waals surface area contributed by atoms with E-state index < -0.39 is 10.8 Å². The predicted octanol–water partition coefficient (Wildman–Crippen LogP) is 0.752. The van der Waals surface area contributed by atoms with E-state index in [0.29, 0.717) is 31.9 Å². The van der Waals surface area contributed by atoms with Crippen LogP contribution >= 0.6 is 11.8 Å². The van der Waals surface area contributed by atoms with Crippen molar-refractivity contribution in [3.63, 3.8) is 0 Å². The van der Waals surface area contributed by atoms with Crippen LogP contribution in [-0.2, 0) is 9.59 Å². The van der Waals surface area contributed by atoms with E-state index in [1.807, 2.05) is 38.7 Å². The lowest BCUT2D eigenvalue weighted by molar-refractivity contribution is -0.136. The third kappa shape index (κ3) is 3.89. The van der Waals surface area contributed by atoms with E-state index in [0.717, 1.165) is 17.3 Å². The van der Waals surface area contributed by atoms with Crippen molar-refractivity contribution >= 4 is 29.5 Å². The summed E-state index contributed by atoms with van der Waals surface area (Å²) in [5.41, 5.74) is 1.90. The summed E-state index contributed by atoms with van der Waals surface area (Å²) in [6, 6.07) is 1.53. The number of rotatable bonds is 2. The van der Waals surface area contributed by atoms with E-state index in [-0.39, 0.29) is 11.8 Å². The van der Waals surface area contributed by atoms with Crippen LogP contribution in [0, 0.1) is 13.8 Å². The number of aryl methyl sites for hydroxylation is 2. The molecular formula is C17H25N5O2S. The number of piperazine rings is 1. The first-order valence-corrected chi connectivity index (χ1v) is 9.56. The van der Waals surface area contributed by atoms with Crippen molar-refractivity contribution in [2.24, 2.45) is 0 Å². The molecule has 2 amide bonds. The minimum Gasteiger partial charge on any atom is -0.342 e. The van der Waals surface area contributed by atoms with Crippen LogP contribution in [0.4, 0.5) is 5.95 Å². The number of amides is 2. The Morgan fingerprint density at radius 3 is 2.36 bits per heavy atom. The maximum absolute atomic E-state index is 12.7. The van der Waals surface area contributed by atoms with E-state index >= 15 is 0 Å². The number of hydrogen-bond acceptors (Lipinski definition) is 6. The molecule has 2 aliphatic heterocycles. The van der Waals surface area contributed by atoms with Crippen molar-refractivity contribution in [1.29, 1.82) is 0 Å². The van der Waals surface area contributed by atoms with Gasteiger partial charge in [-0.15, -0.1) is 11.8 Å². The zero-order chi connectivity index (χ0) is 18.2. The highest BCUT2D eigenvalue weighted by Gasteiger charge is 2.39. The zero-order valence-corrected chi connectivity index (χ0v) is 16.0. The lowest BCUT2D eigenvalue weighted by Crippen LogP contribution is -2.60. The van der Waals surface area contributed by atoms with Crippen LogP contribution in [0.2, 0.25) is 0 Å². The molecule has 2 saturated heterocycles. The van der Waals surface area contributed by atoms with E-state index in [1.54, 1.807) is 0 Å². The molecule has 0 radical (unpaired) electrons. The molecule has 1 atom stereocenters. The molecule has 0 unspecified atom stereocenters. The first-order chi connectivity index (χ1) is 11.8. The molecule has 2 aliphatic rings. The van der Waals surface area contributed by atoms with Crippen LogP contribution in [-0.4, -0.2) is 69.4 Å². The second-order valence-corrected chi connectivity index (χ2v) is 8.75.